The zero-order valence-electron chi connectivity index (χ0n) is 7.20. The maximum atomic E-state index is 9.19. The molecule has 0 saturated heterocycles. The minimum atomic E-state index is -3.67. The van der Waals surface area contributed by atoms with Crippen LogP contribution in [0.2, 0.25) is 0 Å². The van der Waals surface area contributed by atoms with E-state index in [2.05, 4.69) is 9.97 Å². The minimum Gasteiger partial charge on any atom is -0.349 e. The quantitative estimate of drug-likeness (QED) is 0.587. The predicted octanol–water partition coefficient (Wildman–Crippen LogP) is 0.531. The van der Waals surface area contributed by atoms with E-state index >= 15 is 0 Å². The molecule has 1 heterocycles. The fraction of sp³-hybridized carbons (Fsp3) is 0.500. The molecule has 0 radical (unpaired) electrons. The van der Waals surface area contributed by atoms with E-state index in [-0.39, 0.29) is 0 Å². The first-order valence-corrected chi connectivity index (χ1v) is 5.05. The summed E-state index contributed by atoms with van der Waals surface area (Å²) in [5, 5.41) is 0. The van der Waals surface area contributed by atoms with Crippen molar-refractivity contribution in [1.82, 2.24) is 9.97 Å². The van der Waals surface area contributed by atoms with E-state index in [1.165, 1.54) is 0 Å². The molecule has 2 N–H and O–H groups in total. The number of aromatic amines is 1. The van der Waals surface area contributed by atoms with Crippen LogP contribution in [0, 0.1) is 13.8 Å². The normalized spacial score (nSPS) is 10.3. The fourth-order valence-electron chi connectivity index (χ4n) is 0.538. The second kappa shape index (κ2) is 4.22. The lowest BCUT2D eigenvalue weighted by molar-refractivity contribution is 0.490. The van der Waals surface area contributed by atoms with Crippen molar-refractivity contribution in [2.45, 2.75) is 13.8 Å². The molecule has 70 valence electrons. The van der Waals surface area contributed by atoms with Crippen molar-refractivity contribution >= 4 is 10.1 Å². The van der Waals surface area contributed by atoms with E-state index in [1.54, 1.807) is 0 Å². The van der Waals surface area contributed by atoms with Gasteiger partial charge in [-0.15, -0.1) is 0 Å². The molecule has 0 saturated carbocycles. The highest BCUT2D eigenvalue weighted by Crippen LogP contribution is 1.89. The van der Waals surface area contributed by atoms with Crippen molar-refractivity contribution in [1.29, 1.82) is 0 Å². The lowest BCUT2D eigenvalue weighted by atomic mass is 10.6. The van der Waals surface area contributed by atoms with Crippen LogP contribution in [-0.4, -0.2) is 29.2 Å². The van der Waals surface area contributed by atoms with Gasteiger partial charge in [-0.05, 0) is 13.8 Å². The Morgan fingerprint density at radius 3 is 2.00 bits per heavy atom. The van der Waals surface area contributed by atoms with Crippen molar-refractivity contribution in [3.05, 3.63) is 17.7 Å². The molecule has 0 atom stereocenters. The van der Waals surface area contributed by atoms with Crippen molar-refractivity contribution in [3.63, 3.8) is 0 Å². The van der Waals surface area contributed by atoms with E-state index in [9.17, 15) is 8.42 Å². The molecule has 0 amide bonds. The lowest BCUT2D eigenvalue weighted by Gasteiger charge is -1.71. The number of aryl methyl sites for hydroxylation is 2. The highest BCUT2D eigenvalue weighted by molar-refractivity contribution is 7.85. The van der Waals surface area contributed by atoms with Crippen LogP contribution < -0.4 is 0 Å². The summed E-state index contributed by atoms with van der Waals surface area (Å²) in [5.74, 6) is 0.984. The molecule has 1 aromatic heterocycles. The summed E-state index contributed by atoms with van der Waals surface area (Å²) in [6.45, 7) is 3.90. The molecule has 0 bridgehead atoms. The molecule has 0 fully saturated rings. The monoisotopic (exact) mass is 192 g/mol. The predicted molar refractivity (Wildman–Crippen MR) is 45.5 cm³/mol. The Kier molecular flexibility index (Phi) is 3.91. The van der Waals surface area contributed by atoms with Gasteiger partial charge in [-0.1, -0.05) is 0 Å². The number of imidazole rings is 1. The average molecular weight is 192 g/mol. The number of aromatic nitrogens is 2. The third kappa shape index (κ3) is 9.12. The van der Waals surface area contributed by atoms with Gasteiger partial charge in [-0.3, -0.25) is 4.55 Å². The molecule has 0 spiro atoms. The summed E-state index contributed by atoms with van der Waals surface area (Å²) in [7, 11) is -3.67. The average Bonchev–Trinajstić information content (AvgIpc) is 2.09. The maximum Gasteiger partial charge on any atom is 0.261 e. The van der Waals surface area contributed by atoms with Gasteiger partial charge in [0.15, 0.2) is 0 Å². The van der Waals surface area contributed by atoms with Gasteiger partial charge >= 0.3 is 0 Å². The first-order valence-electron chi connectivity index (χ1n) is 3.20. The molecular formula is C6H12N2O3S. The second-order valence-corrected chi connectivity index (χ2v) is 3.83. The van der Waals surface area contributed by atoms with Gasteiger partial charge in [0.25, 0.3) is 10.1 Å². The van der Waals surface area contributed by atoms with Gasteiger partial charge in [0.05, 0.1) is 11.9 Å². The third-order valence-corrected chi connectivity index (χ3v) is 0.834. The summed E-state index contributed by atoms with van der Waals surface area (Å²) in [4.78, 5) is 7.01. The SMILES string of the molecule is CS(=O)(=O)O.Cc1c[nH]c(C)n1. The van der Waals surface area contributed by atoms with Gasteiger partial charge in [0.1, 0.15) is 5.82 Å². The Hall–Kier alpha value is -0.880. The van der Waals surface area contributed by atoms with Gasteiger partial charge in [-0.2, -0.15) is 8.42 Å². The maximum absolute atomic E-state index is 9.19. The summed E-state index contributed by atoms with van der Waals surface area (Å²) >= 11 is 0. The summed E-state index contributed by atoms with van der Waals surface area (Å²) in [5.41, 5.74) is 1.05. The number of H-pyrrole nitrogens is 1. The van der Waals surface area contributed by atoms with Crippen molar-refractivity contribution in [2.24, 2.45) is 0 Å². The van der Waals surface area contributed by atoms with Crippen LogP contribution in [0.15, 0.2) is 6.20 Å². The Morgan fingerprint density at radius 1 is 1.50 bits per heavy atom. The van der Waals surface area contributed by atoms with E-state index < -0.39 is 10.1 Å². The van der Waals surface area contributed by atoms with E-state index in [0.29, 0.717) is 6.26 Å². The van der Waals surface area contributed by atoms with Crippen molar-refractivity contribution < 1.29 is 13.0 Å². The Morgan fingerprint density at radius 2 is 1.92 bits per heavy atom. The molecule has 12 heavy (non-hydrogen) atoms. The van der Waals surface area contributed by atoms with Crippen molar-refractivity contribution in [2.75, 3.05) is 6.26 Å². The minimum absolute atomic E-state index is 0.715. The highest BCUT2D eigenvalue weighted by Gasteiger charge is 1.84. The second-order valence-electron chi connectivity index (χ2n) is 2.36. The standard InChI is InChI=1S/C5H8N2.CH4O3S/c1-4-3-6-5(2)7-4;1-5(2,3)4/h3H,1-2H3,(H,6,7);1H3,(H,2,3,4). The zero-order valence-corrected chi connectivity index (χ0v) is 8.01. The van der Waals surface area contributed by atoms with E-state index in [0.717, 1.165) is 11.5 Å². The van der Waals surface area contributed by atoms with E-state index in [4.69, 9.17) is 4.55 Å². The van der Waals surface area contributed by atoms with Gasteiger partial charge < -0.3 is 4.98 Å². The molecule has 6 heteroatoms. The van der Waals surface area contributed by atoms with Crippen LogP contribution in [0.5, 0.6) is 0 Å². The number of nitrogens with one attached hydrogen (secondary N) is 1. The van der Waals surface area contributed by atoms with E-state index in [1.807, 2.05) is 20.0 Å². The van der Waals surface area contributed by atoms with Gasteiger partial charge in [0.2, 0.25) is 0 Å². The smallest absolute Gasteiger partial charge is 0.261 e. The highest BCUT2D eigenvalue weighted by atomic mass is 32.2. The zero-order chi connectivity index (χ0) is 9.78. The van der Waals surface area contributed by atoms with Gasteiger partial charge in [-0.25, -0.2) is 4.98 Å². The topological polar surface area (TPSA) is 83.0 Å². The van der Waals surface area contributed by atoms with Crippen LogP contribution in [0.25, 0.3) is 0 Å². The molecule has 5 nitrogen and oxygen atoms in total. The van der Waals surface area contributed by atoms with Gasteiger partial charge in [0, 0.05) is 6.20 Å². The first kappa shape index (κ1) is 11.1. The molecule has 0 unspecified atom stereocenters. The molecule has 0 aliphatic heterocycles. The third-order valence-electron chi connectivity index (χ3n) is 0.834. The lowest BCUT2D eigenvalue weighted by Crippen LogP contribution is -1.88. The van der Waals surface area contributed by atoms with Crippen LogP contribution >= 0.6 is 0 Å². The molecule has 0 aliphatic rings. The van der Waals surface area contributed by atoms with Crippen LogP contribution in [-0.2, 0) is 10.1 Å². The van der Waals surface area contributed by atoms with Crippen LogP contribution in [0.4, 0.5) is 0 Å². The summed E-state index contributed by atoms with van der Waals surface area (Å²) in [6.07, 6.45) is 2.60. The summed E-state index contributed by atoms with van der Waals surface area (Å²) in [6, 6.07) is 0. The number of hydrogen-bond acceptors (Lipinski definition) is 3. The number of hydrogen-bond donors (Lipinski definition) is 2. The van der Waals surface area contributed by atoms with Crippen LogP contribution in [0.3, 0.4) is 0 Å². The number of nitrogens with zero attached hydrogens (tertiary/aromatic N) is 1. The number of rotatable bonds is 0. The molecule has 1 rings (SSSR count). The first-order chi connectivity index (χ1) is 5.29. The Balaban J connectivity index is 0.000000217. The molecule has 0 aromatic carbocycles. The Labute approximate surface area is 71.6 Å². The molecule has 1 aromatic rings. The fourth-order valence-corrected chi connectivity index (χ4v) is 0.538. The molecule has 0 aliphatic carbocycles. The van der Waals surface area contributed by atoms with Crippen LogP contribution in [0.1, 0.15) is 11.5 Å². The summed E-state index contributed by atoms with van der Waals surface area (Å²) < 4.78 is 25.9. The largest absolute Gasteiger partial charge is 0.349 e. The Bertz CT molecular complexity index is 304. The molecular weight excluding hydrogens is 180 g/mol. The van der Waals surface area contributed by atoms with Crippen molar-refractivity contribution in [3.8, 4) is 0 Å².